The maximum Gasteiger partial charge on any atom is 0.251 e. The van der Waals surface area contributed by atoms with Gasteiger partial charge in [0.15, 0.2) is 0 Å². The second kappa shape index (κ2) is 7.94. The smallest absolute Gasteiger partial charge is 0.251 e. The second-order valence-corrected chi connectivity index (χ2v) is 5.41. The molecule has 1 aliphatic heterocycles. The Hall–Kier alpha value is -1.67. The van der Waals surface area contributed by atoms with E-state index < -0.39 is 0 Å². The molecule has 1 N–H and O–H groups in total. The molecule has 0 spiro atoms. The summed E-state index contributed by atoms with van der Waals surface area (Å²) in [6.07, 6.45) is 6.27. The summed E-state index contributed by atoms with van der Waals surface area (Å²) in [5.74, 6) is 0.391. The molecule has 0 saturated carbocycles. The highest BCUT2D eigenvalue weighted by molar-refractivity contribution is 5.46. The van der Waals surface area contributed by atoms with Crippen LogP contribution in [0.3, 0.4) is 0 Å². The Balaban J connectivity index is 2.00. The van der Waals surface area contributed by atoms with Crippen LogP contribution in [0.5, 0.6) is 5.88 Å². The minimum Gasteiger partial charge on any atom is -0.476 e. The van der Waals surface area contributed by atoms with Crippen molar-refractivity contribution in [2.45, 2.75) is 58.4 Å². The molecule has 0 bridgehead atoms. The molecule has 0 aliphatic carbocycles. The van der Waals surface area contributed by atoms with Gasteiger partial charge in [-0.25, -0.2) is 0 Å². The number of hydrogen-bond donors (Lipinski definition) is 1. The number of rotatable bonds is 6. The van der Waals surface area contributed by atoms with Gasteiger partial charge in [-0.3, -0.25) is 0 Å². The zero-order valence-corrected chi connectivity index (χ0v) is 13.0. The van der Waals surface area contributed by atoms with E-state index in [4.69, 9.17) is 4.74 Å². The lowest BCUT2D eigenvalue weighted by Gasteiger charge is -2.23. The highest BCUT2D eigenvalue weighted by Crippen LogP contribution is 2.22. The zero-order valence-electron chi connectivity index (χ0n) is 13.0. The lowest BCUT2D eigenvalue weighted by Crippen LogP contribution is -2.35. The fourth-order valence-electron chi connectivity index (χ4n) is 2.84. The van der Waals surface area contributed by atoms with Crippen molar-refractivity contribution >= 4 is 0 Å². The third kappa shape index (κ3) is 3.92. The molecule has 1 aliphatic rings. The van der Waals surface area contributed by atoms with Crippen molar-refractivity contribution in [2.75, 3.05) is 13.2 Å². The zero-order chi connectivity index (χ0) is 15.1. The first-order valence-corrected chi connectivity index (χ1v) is 7.94. The third-order valence-corrected chi connectivity index (χ3v) is 4.04. The van der Waals surface area contributed by atoms with E-state index in [0.717, 1.165) is 37.1 Å². The molecule has 1 atom stereocenters. The predicted molar refractivity (Wildman–Crippen MR) is 81.3 cm³/mol. The molecule has 1 fully saturated rings. The van der Waals surface area contributed by atoms with E-state index in [0.29, 0.717) is 24.1 Å². The van der Waals surface area contributed by atoms with Crippen molar-refractivity contribution in [1.29, 1.82) is 5.26 Å². The van der Waals surface area contributed by atoms with Gasteiger partial charge in [0.2, 0.25) is 0 Å². The molecular formula is C16H24N4O. The van der Waals surface area contributed by atoms with Gasteiger partial charge >= 0.3 is 0 Å². The standard InChI is InChI=1S/C16H24N4O/c1-3-13-14(11-17)16(20-19-15(13)4-2)21-10-8-12-7-5-6-9-18-12/h12,18H,3-10H2,1-2H3. The Kier molecular flexibility index (Phi) is 5.94. The topological polar surface area (TPSA) is 70.8 Å². The first kappa shape index (κ1) is 15.7. The van der Waals surface area contributed by atoms with Crippen molar-refractivity contribution in [1.82, 2.24) is 15.5 Å². The van der Waals surface area contributed by atoms with Gasteiger partial charge in [-0.15, -0.1) is 5.10 Å². The van der Waals surface area contributed by atoms with Crippen LogP contribution in [0.2, 0.25) is 0 Å². The van der Waals surface area contributed by atoms with E-state index in [-0.39, 0.29) is 0 Å². The first-order valence-electron chi connectivity index (χ1n) is 7.94. The van der Waals surface area contributed by atoms with Gasteiger partial charge < -0.3 is 10.1 Å². The van der Waals surface area contributed by atoms with Crippen molar-refractivity contribution in [3.63, 3.8) is 0 Å². The van der Waals surface area contributed by atoms with Crippen LogP contribution in [-0.4, -0.2) is 29.4 Å². The summed E-state index contributed by atoms with van der Waals surface area (Å²) in [6, 6.07) is 2.76. The molecule has 1 saturated heterocycles. The quantitative estimate of drug-likeness (QED) is 0.870. The molecule has 21 heavy (non-hydrogen) atoms. The third-order valence-electron chi connectivity index (χ3n) is 4.04. The maximum absolute atomic E-state index is 9.39. The number of aromatic nitrogens is 2. The molecular weight excluding hydrogens is 264 g/mol. The van der Waals surface area contributed by atoms with Crippen LogP contribution in [0.15, 0.2) is 0 Å². The lowest BCUT2D eigenvalue weighted by atomic mass is 10.0. The van der Waals surface area contributed by atoms with Gasteiger partial charge in [-0.05, 0) is 44.2 Å². The van der Waals surface area contributed by atoms with Gasteiger partial charge in [0.05, 0.1) is 12.3 Å². The highest BCUT2D eigenvalue weighted by atomic mass is 16.5. The van der Waals surface area contributed by atoms with Crippen molar-refractivity contribution in [3.8, 4) is 11.9 Å². The number of ether oxygens (including phenoxy) is 1. The van der Waals surface area contributed by atoms with Crippen LogP contribution >= 0.6 is 0 Å². The van der Waals surface area contributed by atoms with Crippen LogP contribution in [-0.2, 0) is 12.8 Å². The van der Waals surface area contributed by atoms with Crippen molar-refractivity contribution in [3.05, 3.63) is 16.8 Å². The van der Waals surface area contributed by atoms with E-state index in [9.17, 15) is 5.26 Å². The van der Waals surface area contributed by atoms with Gasteiger partial charge in [-0.2, -0.15) is 10.4 Å². The Morgan fingerprint density at radius 2 is 2.14 bits per heavy atom. The minimum atomic E-state index is 0.391. The normalized spacial score (nSPS) is 18.2. The molecule has 114 valence electrons. The Morgan fingerprint density at radius 1 is 1.29 bits per heavy atom. The molecule has 0 amide bonds. The van der Waals surface area contributed by atoms with Gasteiger partial charge in [0.25, 0.3) is 5.88 Å². The molecule has 1 unspecified atom stereocenters. The van der Waals surface area contributed by atoms with Crippen LogP contribution in [0.25, 0.3) is 0 Å². The Labute approximate surface area is 126 Å². The Bertz CT molecular complexity index is 504. The van der Waals surface area contributed by atoms with E-state index in [1.807, 2.05) is 13.8 Å². The van der Waals surface area contributed by atoms with Crippen LogP contribution < -0.4 is 10.1 Å². The molecule has 0 aromatic carbocycles. The number of nitrogens with one attached hydrogen (secondary N) is 1. The van der Waals surface area contributed by atoms with Crippen LogP contribution in [0.1, 0.15) is 56.4 Å². The van der Waals surface area contributed by atoms with E-state index in [1.165, 1.54) is 19.3 Å². The molecule has 5 nitrogen and oxygen atoms in total. The van der Waals surface area contributed by atoms with Gasteiger partial charge in [-0.1, -0.05) is 20.3 Å². The van der Waals surface area contributed by atoms with E-state index in [1.54, 1.807) is 0 Å². The number of nitriles is 1. The summed E-state index contributed by atoms with van der Waals surface area (Å²) in [4.78, 5) is 0. The van der Waals surface area contributed by atoms with Crippen LogP contribution in [0, 0.1) is 11.3 Å². The monoisotopic (exact) mass is 288 g/mol. The Morgan fingerprint density at radius 3 is 2.76 bits per heavy atom. The summed E-state index contributed by atoms with van der Waals surface area (Å²) in [6.45, 7) is 5.74. The summed E-state index contributed by atoms with van der Waals surface area (Å²) in [5.41, 5.74) is 2.43. The lowest BCUT2D eigenvalue weighted by molar-refractivity contribution is 0.257. The molecule has 1 aromatic heterocycles. The number of aryl methyl sites for hydroxylation is 1. The predicted octanol–water partition coefficient (Wildman–Crippen LogP) is 2.38. The maximum atomic E-state index is 9.39. The minimum absolute atomic E-state index is 0.391. The molecule has 0 radical (unpaired) electrons. The fourth-order valence-corrected chi connectivity index (χ4v) is 2.84. The average molecular weight is 288 g/mol. The van der Waals surface area contributed by atoms with Crippen molar-refractivity contribution < 1.29 is 4.74 Å². The van der Waals surface area contributed by atoms with Crippen molar-refractivity contribution in [2.24, 2.45) is 0 Å². The highest BCUT2D eigenvalue weighted by Gasteiger charge is 2.17. The number of nitrogens with zero attached hydrogens (tertiary/aromatic N) is 3. The SMILES string of the molecule is CCc1nnc(OCCC2CCCCN2)c(C#N)c1CC. The summed E-state index contributed by atoms with van der Waals surface area (Å²) in [7, 11) is 0. The number of hydrogen-bond acceptors (Lipinski definition) is 5. The van der Waals surface area contributed by atoms with E-state index >= 15 is 0 Å². The largest absolute Gasteiger partial charge is 0.476 e. The fraction of sp³-hybridized carbons (Fsp3) is 0.688. The molecule has 2 rings (SSSR count). The summed E-state index contributed by atoms with van der Waals surface area (Å²) >= 11 is 0. The second-order valence-electron chi connectivity index (χ2n) is 5.41. The van der Waals surface area contributed by atoms with Gasteiger partial charge in [0.1, 0.15) is 11.6 Å². The number of piperidine rings is 1. The summed E-state index contributed by atoms with van der Waals surface area (Å²) in [5, 5.41) is 21.2. The summed E-state index contributed by atoms with van der Waals surface area (Å²) < 4.78 is 5.74. The average Bonchev–Trinajstić information content (AvgIpc) is 2.55. The van der Waals surface area contributed by atoms with E-state index in [2.05, 4.69) is 21.6 Å². The molecule has 2 heterocycles. The van der Waals surface area contributed by atoms with Crippen LogP contribution in [0.4, 0.5) is 0 Å². The van der Waals surface area contributed by atoms with Gasteiger partial charge in [0, 0.05) is 6.04 Å². The molecule has 1 aromatic rings. The molecule has 5 heteroatoms. The first-order chi connectivity index (χ1) is 10.3.